The van der Waals surface area contributed by atoms with Crippen molar-refractivity contribution in [3.05, 3.63) is 36.1 Å². The second kappa shape index (κ2) is 8.91. The Labute approximate surface area is 188 Å². The van der Waals surface area contributed by atoms with Gasteiger partial charge in [0.05, 0.1) is 0 Å². The molecule has 2 rings (SSSR count). The summed E-state index contributed by atoms with van der Waals surface area (Å²) in [7, 11) is 0. The van der Waals surface area contributed by atoms with E-state index in [1.165, 1.54) is 12.8 Å². The third kappa shape index (κ3) is 3.75. The van der Waals surface area contributed by atoms with Gasteiger partial charge in [0.15, 0.2) is 0 Å². The maximum atomic E-state index is 2.51. The Hall–Kier alpha value is 0.865. The number of hydrogen-bond acceptors (Lipinski definition) is 0. The number of halogens is 2. The second-order valence-electron chi connectivity index (χ2n) is 8.00. The van der Waals surface area contributed by atoms with Crippen molar-refractivity contribution >= 4 is 0 Å². The van der Waals surface area contributed by atoms with Crippen molar-refractivity contribution in [1.29, 1.82) is 0 Å². The fourth-order valence-corrected chi connectivity index (χ4v) is 13.8. The molecule has 2 atom stereocenters. The summed E-state index contributed by atoms with van der Waals surface area (Å²) < 4.78 is 3.76. The minimum atomic E-state index is -1.20. The summed E-state index contributed by atoms with van der Waals surface area (Å²) >= 11 is -1.20. The van der Waals surface area contributed by atoms with E-state index in [1.54, 1.807) is 33.4 Å². The summed E-state index contributed by atoms with van der Waals surface area (Å²) in [5, 5.41) is 0. The first kappa shape index (κ1) is 25.9. The molecule has 2 aliphatic carbocycles. The van der Waals surface area contributed by atoms with E-state index in [2.05, 4.69) is 69.2 Å². The number of hydrogen-bond donors (Lipinski definition) is 0. The van der Waals surface area contributed by atoms with E-state index in [0.29, 0.717) is 10.8 Å². The Balaban J connectivity index is 0.00000288. The van der Waals surface area contributed by atoms with Gasteiger partial charge in [-0.15, -0.1) is 0 Å². The van der Waals surface area contributed by atoms with Crippen molar-refractivity contribution < 1.29 is 60.7 Å². The Kier molecular flexibility index (Phi) is 9.22. The van der Waals surface area contributed by atoms with Gasteiger partial charge < -0.3 is 24.8 Å². The average Bonchev–Trinajstić information content (AvgIpc) is 2.81. The monoisotopic (exact) mass is 600 g/mol. The van der Waals surface area contributed by atoms with Gasteiger partial charge in [0.2, 0.25) is 0 Å². The molecule has 0 amide bonds. The molecule has 2 aliphatic rings. The van der Waals surface area contributed by atoms with Crippen LogP contribution in [-0.2, 0) is 0 Å². The smallest absolute Gasteiger partial charge is 1.00 e. The van der Waals surface area contributed by atoms with Crippen LogP contribution in [0.15, 0.2) is 36.1 Å². The van der Waals surface area contributed by atoms with Crippen molar-refractivity contribution in [3.63, 3.8) is 0 Å². The minimum Gasteiger partial charge on any atom is -1.00 e. The SMILES string of the molecule is CCC1(C)C(C)=C(C)C(C)=[C]1[Th+2][C]1=C(C)C(C)=C(C)C1(C)CC.[Cl-].[Cl-]. The summed E-state index contributed by atoms with van der Waals surface area (Å²) in [6.45, 7) is 24.0. The molecule has 0 saturated carbocycles. The fourth-order valence-electron chi connectivity index (χ4n) is 4.44. The van der Waals surface area contributed by atoms with Gasteiger partial charge in [-0.3, -0.25) is 0 Å². The third-order valence-corrected chi connectivity index (χ3v) is 17.1. The van der Waals surface area contributed by atoms with E-state index >= 15 is 0 Å². The molecule has 0 aromatic heterocycles. The van der Waals surface area contributed by atoms with Crippen LogP contribution in [0.5, 0.6) is 0 Å². The van der Waals surface area contributed by atoms with Crippen molar-refractivity contribution in [2.24, 2.45) is 10.8 Å². The summed E-state index contributed by atoms with van der Waals surface area (Å²) in [6.07, 6.45) is 2.50. The van der Waals surface area contributed by atoms with E-state index in [-0.39, 0.29) is 24.8 Å². The third-order valence-electron chi connectivity index (χ3n) is 7.42. The second-order valence-corrected chi connectivity index (χ2v) is 13.1. The molecular formula is C22H34Cl2Th. The minimum absolute atomic E-state index is 0. The molecular weight excluding hydrogens is 567 g/mol. The maximum absolute atomic E-state index is 2.51. The fraction of sp³-hybridized carbons (Fsp3) is 0.636. The summed E-state index contributed by atoms with van der Waals surface area (Å²) in [4.78, 5) is 0. The zero-order chi connectivity index (χ0) is 17.7. The van der Waals surface area contributed by atoms with Gasteiger partial charge in [0, 0.05) is 0 Å². The molecule has 0 radical (unpaired) electrons. The van der Waals surface area contributed by atoms with Crippen LogP contribution in [0, 0.1) is 46.7 Å². The molecule has 0 saturated heterocycles. The molecule has 3 heteroatoms. The van der Waals surface area contributed by atoms with Crippen LogP contribution in [0.1, 0.15) is 82.1 Å². The molecule has 0 nitrogen and oxygen atoms in total. The van der Waals surface area contributed by atoms with Gasteiger partial charge in [-0.05, 0) is 0 Å². The first-order chi connectivity index (χ1) is 10.6. The van der Waals surface area contributed by atoms with Crippen molar-refractivity contribution in [2.75, 3.05) is 0 Å². The van der Waals surface area contributed by atoms with Gasteiger partial charge in [0.25, 0.3) is 0 Å². The summed E-state index contributed by atoms with van der Waals surface area (Å²) in [5.41, 5.74) is 10.4. The normalized spacial score (nSPS) is 29.2. The van der Waals surface area contributed by atoms with E-state index in [0.717, 1.165) is 0 Å². The largest absolute Gasteiger partial charge is 1.00 e. The predicted octanol–water partition coefficient (Wildman–Crippen LogP) is 1.16. The molecule has 25 heavy (non-hydrogen) atoms. The van der Waals surface area contributed by atoms with Gasteiger partial charge in [-0.1, -0.05) is 0 Å². The Morgan fingerprint density at radius 1 is 0.600 bits per heavy atom. The van der Waals surface area contributed by atoms with Gasteiger partial charge in [-0.25, -0.2) is 0 Å². The summed E-state index contributed by atoms with van der Waals surface area (Å²) in [6, 6.07) is 0. The van der Waals surface area contributed by atoms with Crippen LogP contribution in [-0.4, -0.2) is 0 Å². The Morgan fingerprint density at radius 3 is 1.12 bits per heavy atom. The van der Waals surface area contributed by atoms with Gasteiger partial charge >= 0.3 is 165 Å². The molecule has 0 spiro atoms. The van der Waals surface area contributed by atoms with E-state index in [4.69, 9.17) is 0 Å². The van der Waals surface area contributed by atoms with Crippen LogP contribution in [0.3, 0.4) is 0 Å². The molecule has 0 aromatic carbocycles. The van der Waals surface area contributed by atoms with Crippen molar-refractivity contribution in [2.45, 2.75) is 82.1 Å². The Morgan fingerprint density at radius 2 is 0.880 bits per heavy atom. The van der Waals surface area contributed by atoms with Gasteiger partial charge in [-0.2, -0.15) is 0 Å². The van der Waals surface area contributed by atoms with Crippen LogP contribution in [0.2, 0.25) is 0 Å². The van der Waals surface area contributed by atoms with E-state index in [1.807, 2.05) is 2.71 Å². The van der Waals surface area contributed by atoms with Crippen molar-refractivity contribution in [3.8, 4) is 0 Å². The van der Waals surface area contributed by atoms with Crippen molar-refractivity contribution in [1.82, 2.24) is 0 Å². The number of rotatable bonds is 4. The predicted molar refractivity (Wildman–Crippen MR) is 98.9 cm³/mol. The maximum Gasteiger partial charge on any atom is -1.00 e. The molecule has 2 unspecified atom stereocenters. The van der Waals surface area contributed by atoms with Crippen LogP contribution >= 0.6 is 0 Å². The first-order valence-corrected chi connectivity index (χ1v) is 13.2. The summed E-state index contributed by atoms with van der Waals surface area (Å²) in [5.74, 6) is 0. The molecule has 0 fully saturated rings. The van der Waals surface area contributed by atoms with Crippen LogP contribution in [0.4, 0.5) is 0 Å². The zero-order valence-electron chi connectivity index (χ0n) is 17.7. The molecule has 0 heterocycles. The quantitative estimate of drug-likeness (QED) is 0.454. The zero-order valence-corrected chi connectivity index (χ0v) is 23.3. The standard InChI is InChI=1S/2C11H17.2ClH.Th/c2*1-6-11(5)7-8(2)9(3)10(11)4;;;/h2*6H2,1-5H3;2*1H;/q;;;;+2/p-2. The molecule has 140 valence electrons. The molecule has 0 N–H and O–H groups in total. The molecule has 0 aliphatic heterocycles. The van der Waals surface area contributed by atoms with Gasteiger partial charge in [0.1, 0.15) is 0 Å². The first-order valence-electron chi connectivity index (χ1n) is 9.12. The average molecular weight is 601 g/mol. The molecule has 0 bridgehead atoms. The molecule has 0 aromatic rings. The van der Waals surface area contributed by atoms with E-state index < -0.39 is 35.9 Å². The Bertz CT molecular complexity index is 620. The van der Waals surface area contributed by atoms with Crippen LogP contribution < -0.4 is 24.8 Å². The topological polar surface area (TPSA) is 0 Å². The van der Waals surface area contributed by atoms with E-state index in [9.17, 15) is 0 Å². The number of allylic oxidation sites excluding steroid dienone is 8. The van der Waals surface area contributed by atoms with Crippen LogP contribution in [0.25, 0.3) is 0 Å².